The van der Waals surface area contributed by atoms with Gasteiger partial charge in [-0.05, 0) is 0 Å². The zero-order valence-electron chi connectivity index (χ0n) is 4.13. The van der Waals surface area contributed by atoms with Crippen LogP contribution in [0.3, 0.4) is 0 Å². The predicted octanol–water partition coefficient (Wildman–Crippen LogP) is -1.54. The lowest BCUT2D eigenvalue weighted by atomic mass is 10.6. The number of hydrogen-bond acceptors (Lipinski definition) is 2. The van der Waals surface area contributed by atoms with Crippen LogP contribution in [0, 0.1) is 0 Å². The quantitative estimate of drug-likeness (QED) is 0.291. The van der Waals surface area contributed by atoms with Crippen LogP contribution < -0.4 is 0 Å². The van der Waals surface area contributed by atoms with Crippen LogP contribution in [0.15, 0.2) is 12.2 Å². The van der Waals surface area contributed by atoms with Gasteiger partial charge in [0.1, 0.15) is 10.4 Å². The fourth-order valence-electron chi connectivity index (χ4n) is 0.431. The highest BCUT2D eigenvalue weighted by molar-refractivity contribution is 6.31. The van der Waals surface area contributed by atoms with Crippen molar-refractivity contribution in [2.45, 2.75) is 0 Å². The average Bonchev–Trinajstić information content (AvgIpc) is 1.98. The largest absolute Gasteiger partial charge is 0.311 e. The summed E-state index contributed by atoms with van der Waals surface area (Å²) in [6, 6.07) is 0. The van der Waals surface area contributed by atoms with Gasteiger partial charge in [0.15, 0.2) is 0 Å². The zero-order valence-corrected chi connectivity index (χ0v) is 5.54. The number of imide groups is 1. The summed E-state index contributed by atoms with van der Waals surface area (Å²) in [5, 5.41) is 0. The first-order chi connectivity index (χ1) is 3.72. The van der Waals surface area contributed by atoms with Gasteiger partial charge in [-0.25, -0.2) is 0 Å². The van der Waals surface area contributed by atoms with E-state index in [9.17, 15) is 9.59 Å². The van der Waals surface area contributed by atoms with E-state index in [0.717, 1.165) is 4.57 Å². The fourth-order valence-corrected chi connectivity index (χ4v) is 0.642. The Bertz CT molecular complexity index is 157. The van der Waals surface area contributed by atoms with Crippen molar-refractivity contribution in [2.75, 3.05) is 0 Å². The highest BCUT2D eigenvalue weighted by atomic mass is 28.2. The number of nitrogens with zero attached hydrogens (tertiary/aromatic N) is 1. The normalized spacial score (nSPS) is 18.4. The van der Waals surface area contributed by atoms with Crippen LogP contribution in [0.2, 0.25) is 0 Å². The Morgan fingerprint density at radius 1 is 1.25 bits per heavy atom. The first-order valence-corrected chi connectivity index (χ1v) is 2.71. The Morgan fingerprint density at radius 2 is 1.62 bits per heavy atom. The third-order valence-corrected chi connectivity index (χ3v) is 1.52. The van der Waals surface area contributed by atoms with Crippen molar-refractivity contribution < 1.29 is 9.59 Å². The smallest absolute Gasteiger partial charge is 0.245 e. The molecule has 0 saturated heterocycles. The highest BCUT2D eigenvalue weighted by Gasteiger charge is 2.16. The molecule has 0 saturated carbocycles. The summed E-state index contributed by atoms with van der Waals surface area (Å²) in [7, 11) is 1.26. The van der Waals surface area contributed by atoms with Gasteiger partial charge in [-0.15, -0.1) is 0 Å². The van der Waals surface area contributed by atoms with Crippen LogP contribution in [0.5, 0.6) is 0 Å². The van der Waals surface area contributed by atoms with Gasteiger partial charge in [0, 0.05) is 12.2 Å². The monoisotopic (exact) mass is 126 g/mol. The number of hydrogen-bond donors (Lipinski definition) is 0. The van der Waals surface area contributed by atoms with Crippen molar-refractivity contribution in [3.05, 3.63) is 12.2 Å². The van der Waals surface area contributed by atoms with Crippen LogP contribution in [0.4, 0.5) is 0 Å². The Labute approximate surface area is 49.5 Å². The molecule has 1 rings (SSSR count). The molecule has 2 amide bonds. The molecule has 1 heterocycles. The van der Waals surface area contributed by atoms with Crippen molar-refractivity contribution in [3.8, 4) is 0 Å². The first-order valence-electron chi connectivity index (χ1n) is 2.08. The molecule has 0 aromatic carbocycles. The van der Waals surface area contributed by atoms with E-state index >= 15 is 0 Å². The maximum absolute atomic E-state index is 10.4. The lowest BCUT2D eigenvalue weighted by Crippen LogP contribution is -2.26. The van der Waals surface area contributed by atoms with E-state index in [2.05, 4.69) is 0 Å². The van der Waals surface area contributed by atoms with Crippen molar-refractivity contribution in [3.63, 3.8) is 0 Å². The molecule has 0 aliphatic carbocycles. The van der Waals surface area contributed by atoms with E-state index in [1.54, 1.807) is 0 Å². The molecule has 0 spiro atoms. The minimum Gasteiger partial charge on any atom is -0.311 e. The van der Waals surface area contributed by atoms with Crippen LogP contribution in [0.1, 0.15) is 0 Å². The molecule has 0 N–H and O–H groups in total. The van der Waals surface area contributed by atoms with Crippen LogP contribution in [0.25, 0.3) is 0 Å². The third kappa shape index (κ3) is 0.585. The molecule has 0 aromatic rings. The third-order valence-electron chi connectivity index (χ3n) is 0.901. The van der Waals surface area contributed by atoms with E-state index in [-0.39, 0.29) is 11.8 Å². The van der Waals surface area contributed by atoms with Gasteiger partial charge in [0.05, 0.1) is 0 Å². The summed E-state index contributed by atoms with van der Waals surface area (Å²) in [6.45, 7) is 0. The molecular formula is C4H4NO2Si. The summed E-state index contributed by atoms with van der Waals surface area (Å²) in [5.41, 5.74) is 0. The maximum Gasteiger partial charge on any atom is 0.245 e. The second-order valence-electron chi connectivity index (χ2n) is 1.44. The van der Waals surface area contributed by atoms with Crippen molar-refractivity contribution >= 4 is 22.2 Å². The van der Waals surface area contributed by atoms with Crippen molar-refractivity contribution in [2.24, 2.45) is 0 Å². The van der Waals surface area contributed by atoms with E-state index < -0.39 is 0 Å². The number of amides is 2. The summed E-state index contributed by atoms with van der Waals surface area (Å²) >= 11 is 0. The number of carbonyl (C=O) groups is 2. The molecule has 1 radical (unpaired) electrons. The Kier molecular flexibility index (Phi) is 1.02. The van der Waals surface area contributed by atoms with Crippen LogP contribution in [-0.2, 0) is 9.59 Å². The van der Waals surface area contributed by atoms with Gasteiger partial charge in [-0.2, -0.15) is 0 Å². The predicted molar refractivity (Wildman–Crippen MR) is 29.5 cm³/mol. The molecule has 0 atom stereocenters. The van der Waals surface area contributed by atoms with Gasteiger partial charge < -0.3 is 4.57 Å². The highest BCUT2D eigenvalue weighted by Crippen LogP contribution is 1.96. The Morgan fingerprint density at radius 3 is 1.75 bits per heavy atom. The topological polar surface area (TPSA) is 37.4 Å². The molecule has 0 fully saturated rings. The van der Waals surface area contributed by atoms with E-state index in [1.807, 2.05) is 0 Å². The molecule has 0 aromatic heterocycles. The van der Waals surface area contributed by atoms with Gasteiger partial charge in [-0.1, -0.05) is 0 Å². The van der Waals surface area contributed by atoms with Gasteiger partial charge >= 0.3 is 0 Å². The van der Waals surface area contributed by atoms with E-state index in [4.69, 9.17) is 0 Å². The first kappa shape index (κ1) is 5.24. The summed E-state index contributed by atoms with van der Waals surface area (Å²) in [4.78, 5) is 20.8. The van der Waals surface area contributed by atoms with Crippen molar-refractivity contribution in [1.82, 2.24) is 4.57 Å². The summed E-state index contributed by atoms with van der Waals surface area (Å²) in [6.07, 6.45) is 2.52. The number of carbonyl (C=O) groups excluding carboxylic acids is 2. The molecule has 3 nitrogen and oxygen atoms in total. The van der Waals surface area contributed by atoms with Crippen molar-refractivity contribution in [1.29, 1.82) is 0 Å². The SMILES string of the molecule is O=C1C=CC(=O)N1[SiH2]. The number of rotatable bonds is 0. The Hall–Kier alpha value is -0.903. The average molecular weight is 126 g/mol. The standard InChI is InChI=1S/C4H4NO2Si/c6-3-1-2-4(7)5(3)8/h1-2H,8H2. The maximum atomic E-state index is 10.4. The van der Waals surface area contributed by atoms with Gasteiger partial charge in [-0.3, -0.25) is 9.59 Å². The molecule has 0 bridgehead atoms. The van der Waals surface area contributed by atoms with E-state index in [1.165, 1.54) is 22.6 Å². The molecule has 4 heteroatoms. The minimum atomic E-state index is -0.228. The molecule has 1 aliphatic rings. The summed E-state index contributed by atoms with van der Waals surface area (Å²) in [5.74, 6) is -0.457. The van der Waals surface area contributed by atoms with Gasteiger partial charge in [0.25, 0.3) is 0 Å². The van der Waals surface area contributed by atoms with Crippen LogP contribution >= 0.6 is 0 Å². The molecule has 1 aliphatic heterocycles. The fraction of sp³-hybridized carbons (Fsp3) is 0. The second kappa shape index (κ2) is 1.55. The second-order valence-corrected chi connectivity index (χ2v) is 2.07. The molecule has 41 valence electrons. The molecule has 0 unspecified atom stereocenters. The molecule has 8 heavy (non-hydrogen) atoms. The lowest BCUT2D eigenvalue weighted by molar-refractivity contribution is -0.131. The Balaban J connectivity index is 2.84. The van der Waals surface area contributed by atoms with E-state index in [0.29, 0.717) is 0 Å². The molecular weight excluding hydrogens is 122 g/mol. The van der Waals surface area contributed by atoms with Crippen LogP contribution in [-0.4, -0.2) is 26.8 Å². The minimum absolute atomic E-state index is 0.228. The lowest BCUT2D eigenvalue weighted by Gasteiger charge is -2.02. The van der Waals surface area contributed by atoms with Gasteiger partial charge in [0.2, 0.25) is 11.8 Å². The summed E-state index contributed by atoms with van der Waals surface area (Å²) < 4.78 is 1.08. The zero-order chi connectivity index (χ0) is 6.15.